The van der Waals surface area contributed by atoms with E-state index in [1.807, 2.05) is 25.1 Å². The van der Waals surface area contributed by atoms with Crippen molar-refractivity contribution in [1.82, 2.24) is 4.31 Å². The molecule has 6 heteroatoms. The Morgan fingerprint density at radius 2 is 2.14 bits per heavy atom. The Kier molecular flexibility index (Phi) is 4.08. The first-order valence-corrected chi connectivity index (χ1v) is 9.17. The van der Waals surface area contributed by atoms with E-state index >= 15 is 0 Å². The zero-order valence-electron chi connectivity index (χ0n) is 12.4. The highest BCUT2D eigenvalue weighted by Crippen LogP contribution is 2.27. The number of rotatable bonds is 3. The molecule has 5 nitrogen and oxygen atoms in total. The normalized spacial score (nSPS) is 23.2. The molecule has 1 atom stereocenters. The van der Waals surface area contributed by atoms with E-state index in [0.29, 0.717) is 12.2 Å². The largest absolute Gasteiger partial charge is 0.385 e. The van der Waals surface area contributed by atoms with Gasteiger partial charge in [0.05, 0.1) is 5.69 Å². The minimum Gasteiger partial charge on any atom is -0.385 e. The highest BCUT2D eigenvalue weighted by Gasteiger charge is 2.29. The van der Waals surface area contributed by atoms with Crippen LogP contribution >= 0.6 is 0 Å². The summed E-state index contributed by atoms with van der Waals surface area (Å²) in [6.45, 7) is 3.54. The third-order valence-corrected chi connectivity index (χ3v) is 6.00. The van der Waals surface area contributed by atoms with Crippen LogP contribution in [0.3, 0.4) is 0 Å². The standard InChI is InChI=1S/C15H23N3O2S/c1-12-5-2-3-10-18(12)21(19,20)17-14-8-7-13-6-4-9-16-15(13)11-14/h7-8,11-12,16-17H,2-6,9-10H2,1H3. The highest BCUT2D eigenvalue weighted by atomic mass is 32.2. The molecule has 2 aliphatic rings. The van der Waals surface area contributed by atoms with Crippen LogP contribution in [0.4, 0.5) is 11.4 Å². The van der Waals surface area contributed by atoms with E-state index in [2.05, 4.69) is 10.0 Å². The Morgan fingerprint density at radius 3 is 2.95 bits per heavy atom. The number of hydrogen-bond donors (Lipinski definition) is 2. The lowest BCUT2D eigenvalue weighted by Gasteiger charge is -2.32. The van der Waals surface area contributed by atoms with Gasteiger partial charge in [-0.05, 0) is 50.3 Å². The predicted octanol–water partition coefficient (Wildman–Crippen LogP) is 2.58. The fourth-order valence-electron chi connectivity index (χ4n) is 3.16. The maximum absolute atomic E-state index is 12.5. The second kappa shape index (κ2) is 5.85. The first-order chi connectivity index (χ1) is 10.1. The molecule has 0 bridgehead atoms. The molecule has 1 unspecified atom stereocenters. The van der Waals surface area contributed by atoms with E-state index in [0.717, 1.165) is 44.3 Å². The molecule has 0 aliphatic carbocycles. The van der Waals surface area contributed by atoms with E-state index in [9.17, 15) is 8.42 Å². The van der Waals surface area contributed by atoms with Gasteiger partial charge in [-0.15, -0.1) is 0 Å². The number of nitrogens with zero attached hydrogens (tertiary/aromatic N) is 1. The Balaban J connectivity index is 1.78. The van der Waals surface area contributed by atoms with Crippen LogP contribution in [0.2, 0.25) is 0 Å². The Hall–Kier alpha value is -1.27. The van der Waals surface area contributed by atoms with Crippen LogP contribution in [0.5, 0.6) is 0 Å². The first-order valence-electron chi connectivity index (χ1n) is 7.73. The number of benzene rings is 1. The summed E-state index contributed by atoms with van der Waals surface area (Å²) in [5.41, 5.74) is 2.95. The van der Waals surface area contributed by atoms with Gasteiger partial charge >= 0.3 is 10.2 Å². The van der Waals surface area contributed by atoms with Crippen molar-refractivity contribution in [2.75, 3.05) is 23.1 Å². The highest BCUT2D eigenvalue weighted by molar-refractivity contribution is 7.90. The SMILES string of the molecule is CC1CCCCN1S(=O)(=O)Nc1ccc2c(c1)NCCC2. The van der Waals surface area contributed by atoms with Crippen molar-refractivity contribution in [2.45, 2.75) is 45.1 Å². The number of fused-ring (bicyclic) bond motifs is 1. The molecular formula is C15H23N3O2S. The zero-order valence-corrected chi connectivity index (χ0v) is 13.2. The number of anilines is 2. The predicted molar refractivity (Wildman–Crippen MR) is 85.8 cm³/mol. The third-order valence-electron chi connectivity index (χ3n) is 4.35. The second-order valence-electron chi connectivity index (χ2n) is 5.96. The minimum atomic E-state index is -3.46. The van der Waals surface area contributed by atoms with Gasteiger partial charge < -0.3 is 5.32 Å². The number of aryl methyl sites for hydroxylation is 1. The smallest absolute Gasteiger partial charge is 0.301 e. The van der Waals surface area contributed by atoms with Crippen LogP contribution in [0, 0.1) is 0 Å². The number of nitrogens with one attached hydrogen (secondary N) is 2. The van der Waals surface area contributed by atoms with Crippen LogP contribution in [0.25, 0.3) is 0 Å². The van der Waals surface area contributed by atoms with E-state index in [1.54, 1.807) is 4.31 Å². The van der Waals surface area contributed by atoms with Crippen LogP contribution in [-0.2, 0) is 16.6 Å². The average molecular weight is 309 g/mol. The molecule has 0 radical (unpaired) electrons. The maximum atomic E-state index is 12.5. The number of piperidine rings is 1. The van der Waals surface area contributed by atoms with Gasteiger partial charge in [-0.25, -0.2) is 0 Å². The quantitative estimate of drug-likeness (QED) is 0.902. The fourth-order valence-corrected chi connectivity index (χ4v) is 4.65. The van der Waals surface area contributed by atoms with Gasteiger partial charge in [0.1, 0.15) is 0 Å². The zero-order chi connectivity index (χ0) is 14.9. The van der Waals surface area contributed by atoms with E-state index in [4.69, 9.17) is 0 Å². The van der Waals surface area contributed by atoms with Crippen molar-refractivity contribution in [3.8, 4) is 0 Å². The van der Waals surface area contributed by atoms with Gasteiger partial charge in [-0.2, -0.15) is 12.7 Å². The van der Waals surface area contributed by atoms with Crippen molar-refractivity contribution in [3.05, 3.63) is 23.8 Å². The molecule has 0 spiro atoms. The molecule has 2 N–H and O–H groups in total. The summed E-state index contributed by atoms with van der Waals surface area (Å²) in [6.07, 6.45) is 5.17. The lowest BCUT2D eigenvalue weighted by Crippen LogP contribution is -2.44. The van der Waals surface area contributed by atoms with Crippen molar-refractivity contribution in [2.24, 2.45) is 0 Å². The van der Waals surface area contributed by atoms with Crippen molar-refractivity contribution in [1.29, 1.82) is 0 Å². The average Bonchev–Trinajstić information content (AvgIpc) is 2.47. The summed E-state index contributed by atoms with van der Waals surface area (Å²) in [4.78, 5) is 0. The van der Waals surface area contributed by atoms with Crippen LogP contribution in [0.15, 0.2) is 18.2 Å². The van der Waals surface area contributed by atoms with Crippen LogP contribution < -0.4 is 10.0 Å². The lowest BCUT2D eigenvalue weighted by atomic mass is 10.0. The molecule has 2 aliphatic heterocycles. The summed E-state index contributed by atoms with van der Waals surface area (Å²) in [5, 5.41) is 3.33. The van der Waals surface area contributed by atoms with E-state index in [-0.39, 0.29) is 6.04 Å². The summed E-state index contributed by atoms with van der Waals surface area (Å²) in [7, 11) is -3.46. The Bertz CT molecular complexity index is 615. The first kappa shape index (κ1) is 14.7. The van der Waals surface area contributed by atoms with Gasteiger partial charge in [0, 0.05) is 24.8 Å². The van der Waals surface area contributed by atoms with Gasteiger partial charge in [0.25, 0.3) is 0 Å². The molecule has 1 saturated heterocycles. The summed E-state index contributed by atoms with van der Waals surface area (Å²) >= 11 is 0. The lowest BCUT2D eigenvalue weighted by molar-refractivity contribution is 0.270. The summed E-state index contributed by atoms with van der Waals surface area (Å²) in [5.74, 6) is 0. The van der Waals surface area contributed by atoms with Gasteiger partial charge in [-0.1, -0.05) is 12.5 Å². The molecule has 1 fully saturated rings. The van der Waals surface area contributed by atoms with E-state index < -0.39 is 10.2 Å². The van der Waals surface area contributed by atoms with Crippen LogP contribution in [-0.4, -0.2) is 31.9 Å². The molecule has 116 valence electrons. The van der Waals surface area contributed by atoms with Gasteiger partial charge in [-0.3, -0.25) is 4.72 Å². The van der Waals surface area contributed by atoms with Crippen molar-refractivity contribution >= 4 is 21.6 Å². The number of hydrogen-bond acceptors (Lipinski definition) is 3. The summed E-state index contributed by atoms with van der Waals surface area (Å²) < 4.78 is 29.4. The fraction of sp³-hybridized carbons (Fsp3) is 0.600. The molecular weight excluding hydrogens is 286 g/mol. The second-order valence-corrected chi connectivity index (χ2v) is 7.59. The topological polar surface area (TPSA) is 61.4 Å². The maximum Gasteiger partial charge on any atom is 0.301 e. The molecule has 0 aromatic heterocycles. The van der Waals surface area contributed by atoms with Crippen molar-refractivity contribution < 1.29 is 8.42 Å². The van der Waals surface area contributed by atoms with Gasteiger partial charge in [0.15, 0.2) is 0 Å². The molecule has 2 heterocycles. The molecule has 1 aromatic carbocycles. The van der Waals surface area contributed by atoms with Gasteiger partial charge in [0.2, 0.25) is 0 Å². The molecule has 0 amide bonds. The molecule has 0 saturated carbocycles. The Labute approximate surface area is 126 Å². The monoisotopic (exact) mass is 309 g/mol. The minimum absolute atomic E-state index is 0.0759. The third kappa shape index (κ3) is 3.16. The van der Waals surface area contributed by atoms with Crippen LogP contribution in [0.1, 0.15) is 38.2 Å². The summed E-state index contributed by atoms with van der Waals surface area (Å²) in [6, 6.07) is 5.85. The van der Waals surface area contributed by atoms with Crippen molar-refractivity contribution in [3.63, 3.8) is 0 Å². The molecule has 1 aromatic rings. The molecule has 3 rings (SSSR count). The Morgan fingerprint density at radius 1 is 1.29 bits per heavy atom. The van der Waals surface area contributed by atoms with E-state index in [1.165, 1.54) is 5.56 Å². The molecule has 21 heavy (non-hydrogen) atoms.